The Bertz CT molecular complexity index is 572. The van der Waals surface area contributed by atoms with Gasteiger partial charge in [-0.25, -0.2) is 4.79 Å². The number of esters is 1. The van der Waals surface area contributed by atoms with Gasteiger partial charge in [0.2, 0.25) is 0 Å². The van der Waals surface area contributed by atoms with Gasteiger partial charge in [-0.15, -0.1) is 0 Å². The maximum atomic E-state index is 11.4. The molecule has 0 radical (unpaired) electrons. The van der Waals surface area contributed by atoms with E-state index in [9.17, 15) is 14.9 Å². The van der Waals surface area contributed by atoms with E-state index in [4.69, 9.17) is 10.00 Å². The highest BCUT2D eigenvalue weighted by molar-refractivity contribution is 5.88. The molecule has 0 fully saturated rings. The minimum atomic E-state index is -0.589. The van der Waals surface area contributed by atoms with Crippen molar-refractivity contribution < 1.29 is 14.5 Å². The van der Waals surface area contributed by atoms with Crippen LogP contribution in [0, 0.1) is 21.4 Å². The van der Waals surface area contributed by atoms with E-state index in [0.29, 0.717) is 5.56 Å². The van der Waals surface area contributed by atoms with Gasteiger partial charge in [0.25, 0.3) is 5.69 Å². The highest BCUT2D eigenvalue weighted by Crippen LogP contribution is 2.22. The van der Waals surface area contributed by atoms with E-state index in [1.165, 1.54) is 18.2 Å². The van der Waals surface area contributed by atoms with Crippen LogP contribution in [0.2, 0.25) is 0 Å². The lowest BCUT2D eigenvalue weighted by molar-refractivity contribution is -0.385. The third-order valence-electron chi connectivity index (χ3n) is 2.38. The van der Waals surface area contributed by atoms with Gasteiger partial charge in [-0.3, -0.25) is 10.1 Å². The van der Waals surface area contributed by atoms with Crippen molar-refractivity contribution in [3.63, 3.8) is 0 Å². The molecule has 0 amide bonds. The number of benzene rings is 1. The van der Waals surface area contributed by atoms with Crippen LogP contribution < -0.4 is 0 Å². The number of nitro groups is 1. The molecule has 0 aromatic heterocycles. The molecule has 0 saturated heterocycles. The third-order valence-corrected chi connectivity index (χ3v) is 2.38. The van der Waals surface area contributed by atoms with Crippen LogP contribution in [-0.2, 0) is 16.0 Å². The minimum Gasteiger partial charge on any atom is -0.463 e. The summed E-state index contributed by atoms with van der Waals surface area (Å²) >= 11 is 0. The average molecular weight is 260 g/mol. The van der Waals surface area contributed by atoms with Crippen molar-refractivity contribution in [1.82, 2.24) is 0 Å². The van der Waals surface area contributed by atoms with Crippen molar-refractivity contribution in [3.8, 4) is 6.07 Å². The van der Waals surface area contributed by atoms with Gasteiger partial charge < -0.3 is 4.74 Å². The van der Waals surface area contributed by atoms with Gasteiger partial charge in [0, 0.05) is 23.6 Å². The molecule has 0 N–H and O–H groups in total. The molecular weight excluding hydrogens is 248 g/mol. The molecule has 19 heavy (non-hydrogen) atoms. The van der Waals surface area contributed by atoms with Crippen LogP contribution in [0.3, 0.4) is 0 Å². The van der Waals surface area contributed by atoms with Crippen molar-refractivity contribution in [1.29, 1.82) is 5.26 Å². The number of nitrogens with zero attached hydrogens (tertiary/aromatic N) is 2. The molecule has 6 heteroatoms. The summed E-state index contributed by atoms with van der Waals surface area (Å²) in [6, 6.07) is 5.91. The van der Waals surface area contributed by atoms with Gasteiger partial charge in [0.1, 0.15) is 0 Å². The number of carbonyl (C=O) groups excluding carboxylic acids is 1. The molecule has 0 heterocycles. The largest absolute Gasteiger partial charge is 0.463 e. The summed E-state index contributed by atoms with van der Waals surface area (Å²) in [5, 5.41) is 19.6. The van der Waals surface area contributed by atoms with E-state index >= 15 is 0 Å². The second-order valence-corrected chi connectivity index (χ2v) is 3.71. The zero-order valence-electron chi connectivity index (χ0n) is 10.4. The second kappa shape index (κ2) is 6.31. The Morgan fingerprint density at radius 2 is 2.26 bits per heavy atom. The number of hydrogen-bond donors (Lipinski definition) is 0. The fraction of sp³-hybridized carbons (Fsp3) is 0.231. The summed E-state index contributed by atoms with van der Waals surface area (Å²) in [5.74, 6) is -0.582. The Balaban J connectivity index is 3.02. The van der Waals surface area contributed by atoms with Crippen LogP contribution >= 0.6 is 0 Å². The number of hydrogen-bond acceptors (Lipinski definition) is 5. The zero-order valence-corrected chi connectivity index (χ0v) is 10.4. The van der Waals surface area contributed by atoms with Gasteiger partial charge in [0.15, 0.2) is 0 Å². The first kappa shape index (κ1) is 14.4. The number of rotatable bonds is 5. The predicted molar refractivity (Wildman–Crippen MR) is 67.3 cm³/mol. The summed E-state index contributed by atoms with van der Waals surface area (Å²) in [4.78, 5) is 21.7. The maximum Gasteiger partial charge on any atom is 0.333 e. The Labute approximate surface area is 110 Å². The fourth-order valence-electron chi connectivity index (χ4n) is 1.49. The molecule has 0 aliphatic heterocycles. The number of ether oxygens (including phenoxy) is 1. The maximum absolute atomic E-state index is 11.4. The van der Waals surface area contributed by atoms with Crippen LogP contribution in [0.4, 0.5) is 5.69 Å². The first-order chi connectivity index (χ1) is 8.99. The Hall–Kier alpha value is -2.68. The lowest BCUT2D eigenvalue weighted by Crippen LogP contribution is -2.09. The Kier molecular flexibility index (Phi) is 4.77. The van der Waals surface area contributed by atoms with Crippen LogP contribution in [0.15, 0.2) is 30.4 Å². The molecule has 0 spiro atoms. The van der Waals surface area contributed by atoms with Crippen molar-refractivity contribution in [2.75, 3.05) is 6.61 Å². The summed E-state index contributed by atoms with van der Waals surface area (Å²) in [6.45, 7) is 5.43. The molecule has 0 aliphatic rings. The molecule has 0 atom stereocenters. The number of carbonyl (C=O) groups is 1. The molecule has 1 aromatic rings. The molecule has 98 valence electrons. The topological polar surface area (TPSA) is 93.2 Å². The second-order valence-electron chi connectivity index (χ2n) is 3.71. The minimum absolute atomic E-state index is 0.0147. The lowest BCUT2D eigenvalue weighted by Gasteiger charge is -2.06. The fourth-order valence-corrected chi connectivity index (χ4v) is 1.49. The quantitative estimate of drug-likeness (QED) is 0.350. The highest BCUT2D eigenvalue weighted by atomic mass is 16.6. The van der Waals surface area contributed by atoms with E-state index in [0.717, 1.165) is 0 Å². The van der Waals surface area contributed by atoms with Gasteiger partial charge >= 0.3 is 5.97 Å². The van der Waals surface area contributed by atoms with Crippen molar-refractivity contribution >= 4 is 11.7 Å². The van der Waals surface area contributed by atoms with E-state index in [1.807, 2.05) is 6.07 Å². The Morgan fingerprint density at radius 3 is 2.79 bits per heavy atom. The third kappa shape index (κ3) is 3.64. The SMILES string of the molecule is C=C(Cc1ccc(C#N)cc1[N+](=O)[O-])C(=O)OCC. The standard InChI is InChI=1S/C13H12N2O4/c1-3-19-13(16)9(2)6-11-5-4-10(8-14)7-12(11)15(17)18/h4-5,7H,2-3,6H2,1H3. The first-order valence-corrected chi connectivity index (χ1v) is 5.52. The summed E-state index contributed by atoms with van der Waals surface area (Å²) in [5.41, 5.74) is 0.443. The summed E-state index contributed by atoms with van der Waals surface area (Å²) in [7, 11) is 0. The lowest BCUT2D eigenvalue weighted by atomic mass is 10.0. The molecule has 0 unspecified atom stereocenters. The molecule has 6 nitrogen and oxygen atoms in total. The van der Waals surface area contributed by atoms with Gasteiger partial charge in [0.05, 0.1) is 23.2 Å². The summed E-state index contributed by atoms with van der Waals surface area (Å²) in [6.07, 6.45) is 0.0147. The molecule has 1 aromatic carbocycles. The first-order valence-electron chi connectivity index (χ1n) is 5.52. The zero-order chi connectivity index (χ0) is 14.4. The molecule has 0 bridgehead atoms. The van der Waals surface area contributed by atoms with Crippen LogP contribution in [0.1, 0.15) is 18.1 Å². The monoisotopic (exact) mass is 260 g/mol. The summed E-state index contributed by atoms with van der Waals surface area (Å²) < 4.78 is 4.76. The highest BCUT2D eigenvalue weighted by Gasteiger charge is 2.18. The van der Waals surface area contributed by atoms with Crippen molar-refractivity contribution in [2.24, 2.45) is 0 Å². The van der Waals surface area contributed by atoms with Crippen LogP contribution in [0.5, 0.6) is 0 Å². The van der Waals surface area contributed by atoms with E-state index < -0.39 is 10.9 Å². The molecule has 0 aliphatic carbocycles. The molecular formula is C13H12N2O4. The van der Waals surface area contributed by atoms with Gasteiger partial charge in [-0.05, 0) is 13.0 Å². The van der Waals surface area contributed by atoms with Gasteiger partial charge in [-0.1, -0.05) is 12.6 Å². The smallest absolute Gasteiger partial charge is 0.333 e. The Morgan fingerprint density at radius 1 is 1.58 bits per heavy atom. The van der Waals surface area contributed by atoms with E-state index in [1.54, 1.807) is 6.92 Å². The number of nitriles is 1. The van der Waals surface area contributed by atoms with Crippen LogP contribution in [0.25, 0.3) is 0 Å². The predicted octanol–water partition coefficient (Wildman–Crippen LogP) is 2.13. The van der Waals surface area contributed by atoms with Crippen molar-refractivity contribution in [2.45, 2.75) is 13.3 Å². The van der Waals surface area contributed by atoms with E-state index in [2.05, 4.69) is 6.58 Å². The van der Waals surface area contributed by atoms with Crippen molar-refractivity contribution in [3.05, 3.63) is 51.6 Å². The average Bonchev–Trinajstić information content (AvgIpc) is 2.39. The van der Waals surface area contributed by atoms with E-state index in [-0.39, 0.29) is 29.9 Å². The molecule has 1 rings (SSSR count). The molecule has 0 saturated carbocycles. The normalized spacial score (nSPS) is 9.47. The van der Waals surface area contributed by atoms with Gasteiger partial charge in [-0.2, -0.15) is 5.26 Å². The van der Waals surface area contributed by atoms with Crippen LogP contribution in [-0.4, -0.2) is 17.5 Å². The number of nitro benzene ring substituents is 1.